The van der Waals surface area contributed by atoms with Gasteiger partial charge in [-0.1, -0.05) is 47.1 Å². The molecule has 7 nitrogen and oxygen atoms in total. The quantitative estimate of drug-likeness (QED) is 0.691. The van der Waals surface area contributed by atoms with Crippen LogP contribution in [0.15, 0.2) is 53.1 Å². The van der Waals surface area contributed by atoms with Crippen molar-refractivity contribution < 1.29 is 14.1 Å². The molecule has 8 heteroatoms. The van der Waals surface area contributed by atoms with Crippen LogP contribution >= 0.6 is 11.6 Å². The maximum Gasteiger partial charge on any atom is 0.254 e. The van der Waals surface area contributed by atoms with E-state index in [0.29, 0.717) is 35.1 Å². The molecule has 0 unspecified atom stereocenters. The second kappa shape index (κ2) is 7.82. The van der Waals surface area contributed by atoms with Crippen molar-refractivity contribution >= 4 is 23.4 Å². The lowest BCUT2D eigenvalue weighted by Crippen LogP contribution is -2.31. The first kappa shape index (κ1) is 18.2. The van der Waals surface area contributed by atoms with Gasteiger partial charge in [-0.15, -0.1) is 0 Å². The monoisotopic (exact) mass is 396 g/mol. The predicted octanol–water partition coefficient (Wildman–Crippen LogP) is 3.05. The van der Waals surface area contributed by atoms with Gasteiger partial charge in [0.1, 0.15) is 0 Å². The van der Waals surface area contributed by atoms with E-state index in [-0.39, 0.29) is 30.7 Å². The van der Waals surface area contributed by atoms with Gasteiger partial charge in [-0.05, 0) is 23.8 Å². The number of nitrogens with one attached hydrogen (secondary N) is 1. The molecule has 0 saturated heterocycles. The van der Waals surface area contributed by atoms with Crippen LogP contribution in [0.2, 0.25) is 5.02 Å². The lowest BCUT2D eigenvalue weighted by molar-refractivity contribution is -0.121. The van der Waals surface area contributed by atoms with E-state index in [0.717, 1.165) is 5.56 Å². The van der Waals surface area contributed by atoms with E-state index in [1.54, 1.807) is 17.0 Å². The first-order valence-electron chi connectivity index (χ1n) is 8.83. The molecule has 0 aliphatic carbocycles. The second-order valence-electron chi connectivity index (χ2n) is 6.40. The lowest BCUT2D eigenvalue weighted by atomic mass is 10.1. The molecule has 1 aromatic heterocycles. The van der Waals surface area contributed by atoms with Crippen molar-refractivity contribution in [1.82, 2.24) is 20.4 Å². The molecule has 1 aliphatic heterocycles. The zero-order valence-electron chi connectivity index (χ0n) is 14.9. The van der Waals surface area contributed by atoms with Gasteiger partial charge >= 0.3 is 0 Å². The number of fused-ring (bicyclic) bond motifs is 1. The Morgan fingerprint density at radius 1 is 1.14 bits per heavy atom. The van der Waals surface area contributed by atoms with Crippen LogP contribution in [-0.4, -0.2) is 33.4 Å². The van der Waals surface area contributed by atoms with Crippen LogP contribution in [0.3, 0.4) is 0 Å². The van der Waals surface area contributed by atoms with E-state index in [1.165, 1.54) is 0 Å². The highest BCUT2D eigenvalue weighted by molar-refractivity contribution is 6.33. The number of hydrogen-bond acceptors (Lipinski definition) is 5. The van der Waals surface area contributed by atoms with E-state index in [4.69, 9.17) is 16.1 Å². The van der Waals surface area contributed by atoms with Crippen molar-refractivity contribution in [1.29, 1.82) is 0 Å². The summed E-state index contributed by atoms with van der Waals surface area (Å²) in [5.41, 5.74) is 2.37. The Bertz CT molecular complexity index is 1030. The summed E-state index contributed by atoms with van der Waals surface area (Å²) in [5.74, 6) is 0.425. The first-order valence-corrected chi connectivity index (χ1v) is 9.21. The SMILES string of the molecule is O=C(CCN1Cc2ccccc2C1=O)NCc1nc(-c2ccccc2Cl)no1. The maximum absolute atomic E-state index is 12.3. The first-order chi connectivity index (χ1) is 13.6. The van der Waals surface area contributed by atoms with Crippen LogP contribution in [0.4, 0.5) is 0 Å². The minimum atomic E-state index is -0.193. The molecule has 3 aromatic rings. The number of nitrogens with zero attached hydrogens (tertiary/aromatic N) is 3. The molecule has 4 rings (SSSR count). The van der Waals surface area contributed by atoms with Crippen LogP contribution in [-0.2, 0) is 17.9 Å². The smallest absolute Gasteiger partial charge is 0.254 e. The fourth-order valence-corrected chi connectivity index (χ4v) is 3.29. The number of carbonyl (C=O) groups excluding carboxylic acids is 2. The summed E-state index contributed by atoms with van der Waals surface area (Å²) in [6.07, 6.45) is 0.200. The number of aromatic nitrogens is 2. The van der Waals surface area contributed by atoms with Crippen molar-refractivity contribution in [3.63, 3.8) is 0 Å². The second-order valence-corrected chi connectivity index (χ2v) is 6.81. The minimum Gasteiger partial charge on any atom is -0.347 e. The van der Waals surface area contributed by atoms with Gasteiger partial charge < -0.3 is 14.7 Å². The number of hydrogen-bond donors (Lipinski definition) is 1. The van der Waals surface area contributed by atoms with Crippen molar-refractivity contribution in [3.05, 3.63) is 70.6 Å². The highest BCUT2D eigenvalue weighted by Crippen LogP contribution is 2.25. The molecule has 0 saturated carbocycles. The van der Waals surface area contributed by atoms with E-state index < -0.39 is 0 Å². The highest BCUT2D eigenvalue weighted by Gasteiger charge is 2.26. The maximum atomic E-state index is 12.3. The lowest BCUT2D eigenvalue weighted by Gasteiger charge is -2.14. The Hall–Kier alpha value is -3.19. The van der Waals surface area contributed by atoms with Crippen LogP contribution in [0.25, 0.3) is 11.4 Å². The molecule has 2 amide bonds. The van der Waals surface area contributed by atoms with Crippen molar-refractivity contribution in [2.75, 3.05) is 6.54 Å². The van der Waals surface area contributed by atoms with E-state index in [1.807, 2.05) is 36.4 Å². The summed E-state index contributed by atoms with van der Waals surface area (Å²) in [6.45, 7) is 1.01. The zero-order valence-corrected chi connectivity index (χ0v) is 15.6. The molecule has 2 aromatic carbocycles. The Morgan fingerprint density at radius 2 is 1.89 bits per heavy atom. The normalized spacial score (nSPS) is 12.9. The molecule has 1 N–H and O–H groups in total. The van der Waals surface area contributed by atoms with Crippen molar-refractivity contribution in [2.45, 2.75) is 19.5 Å². The van der Waals surface area contributed by atoms with Gasteiger partial charge in [-0.25, -0.2) is 0 Å². The van der Waals surface area contributed by atoms with Gasteiger partial charge in [0.2, 0.25) is 17.6 Å². The highest BCUT2D eigenvalue weighted by atomic mass is 35.5. The summed E-state index contributed by atoms with van der Waals surface area (Å²) >= 11 is 6.12. The summed E-state index contributed by atoms with van der Waals surface area (Å²) < 4.78 is 5.16. The molecule has 28 heavy (non-hydrogen) atoms. The van der Waals surface area contributed by atoms with Crippen LogP contribution in [0.1, 0.15) is 28.2 Å². The predicted molar refractivity (Wildman–Crippen MR) is 102 cm³/mol. The van der Waals surface area contributed by atoms with Gasteiger partial charge in [0.25, 0.3) is 5.91 Å². The number of benzene rings is 2. The van der Waals surface area contributed by atoms with E-state index in [9.17, 15) is 9.59 Å². The van der Waals surface area contributed by atoms with Crippen LogP contribution < -0.4 is 5.32 Å². The van der Waals surface area contributed by atoms with Gasteiger partial charge in [-0.3, -0.25) is 9.59 Å². The Kier molecular flexibility index (Phi) is 5.08. The van der Waals surface area contributed by atoms with E-state index in [2.05, 4.69) is 15.5 Å². The number of amides is 2. The largest absolute Gasteiger partial charge is 0.347 e. The standard InChI is InChI=1S/C20H17ClN4O3/c21-16-8-4-3-7-15(16)19-23-18(28-24-19)11-22-17(26)9-10-25-12-13-5-1-2-6-14(13)20(25)27/h1-8H,9-12H2,(H,22,26). The molecule has 1 aliphatic rings. The summed E-state index contributed by atoms with van der Waals surface area (Å²) in [6, 6.07) is 14.7. The molecular weight excluding hydrogens is 380 g/mol. The van der Waals surface area contributed by atoms with Gasteiger partial charge in [0.15, 0.2) is 0 Å². The fourth-order valence-electron chi connectivity index (χ4n) is 3.07. The molecule has 0 spiro atoms. The average molecular weight is 397 g/mol. The van der Waals surface area contributed by atoms with E-state index >= 15 is 0 Å². The Morgan fingerprint density at radius 3 is 2.68 bits per heavy atom. The van der Waals surface area contributed by atoms with Gasteiger partial charge in [0, 0.05) is 30.6 Å². The zero-order chi connectivity index (χ0) is 19.5. The summed E-state index contributed by atoms with van der Waals surface area (Å²) in [7, 11) is 0. The summed E-state index contributed by atoms with van der Waals surface area (Å²) in [5, 5.41) is 7.15. The number of rotatable bonds is 6. The topological polar surface area (TPSA) is 88.3 Å². The molecule has 0 radical (unpaired) electrons. The molecule has 0 bridgehead atoms. The third-order valence-electron chi connectivity index (χ3n) is 4.52. The Balaban J connectivity index is 1.28. The molecule has 2 heterocycles. The molecule has 0 fully saturated rings. The fraction of sp³-hybridized carbons (Fsp3) is 0.200. The van der Waals surface area contributed by atoms with Gasteiger partial charge in [-0.2, -0.15) is 4.98 Å². The average Bonchev–Trinajstić information content (AvgIpc) is 3.30. The summed E-state index contributed by atoms with van der Waals surface area (Å²) in [4.78, 5) is 30.3. The number of carbonyl (C=O) groups is 2. The van der Waals surface area contributed by atoms with Crippen molar-refractivity contribution in [3.8, 4) is 11.4 Å². The van der Waals surface area contributed by atoms with Gasteiger partial charge in [0.05, 0.1) is 11.6 Å². The van der Waals surface area contributed by atoms with Crippen molar-refractivity contribution in [2.24, 2.45) is 0 Å². The molecule has 0 atom stereocenters. The molecular formula is C20H17ClN4O3. The Labute approximate surface area is 166 Å². The molecule has 142 valence electrons. The van der Waals surface area contributed by atoms with Crippen LogP contribution in [0.5, 0.6) is 0 Å². The third-order valence-corrected chi connectivity index (χ3v) is 4.85. The number of halogens is 1. The minimum absolute atomic E-state index is 0.0373. The van der Waals surface area contributed by atoms with Crippen LogP contribution in [0, 0.1) is 0 Å². The third kappa shape index (κ3) is 3.75.